The van der Waals surface area contributed by atoms with Crippen LogP contribution in [-0.2, 0) is 11.8 Å². The van der Waals surface area contributed by atoms with Gasteiger partial charge in [0, 0.05) is 18.0 Å². The largest absolute Gasteiger partial charge is 0.493 e. The van der Waals surface area contributed by atoms with Gasteiger partial charge in [0.1, 0.15) is 5.75 Å². The molecule has 0 aliphatic heterocycles. The number of amides is 1. The lowest BCUT2D eigenvalue weighted by molar-refractivity contribution is -0.113. The summed E-state index contributed by atoms with van der Waals surface area (Å²) in [4.78, 5) is 17.0. The summed E-state index contributed by atoms with van der Waals surface area (Å²) in [6.45, 7) is 4.56. The second-order valence-electron chi connectivity index (χ2n) is 7.04. The number of benzene rings is 2. The van der Waals surface area contributed by atoms with E-state index in [1.54, 1.807) is 0 Å². The number of hydrogen-bond donors (Lipinski definition) is 1. The first-order valence-electron chi connectivity index (χ1n) is 10.1. The summed E-state index contributed by atoms with van der Waals surface area (Å²) in [5, 5.41) is 14.6. The van der Waals surface area contributed by atoms with Crippen LogP contribution in [0.4, 0.5) is 5.13 Å². The van der Waals surface area contributed by atoms with Crippen molar-refractivity contribution in [1.29, 1.82) is 0 Å². The molecule has 0 saturated heterocycles. The summed E-state index contributed by atoms with van der Waals surface area (Å²) in [7, 11) is 1.88. The van der Waals surface area contributed by atoms with Gasteiger partial charge in [-0.3, -0.25) is 4.79 Å². The number of carbonyl (C=O) groups excluding carboxylic acids is 1. The number of hydrogen-bond acceptors (Lipinski definition) is 7. The van der Waals surface area contributed by atoms with Crippen molar-refractivity contribution in [1.82, 2.24) is 19.7 Å². The van der Waals surface area contributed by atoms with Crippen LogP contribution >= 0.6 is 23.1 Å². The van der Waals surface area contributed by atoms with Crippen molar-refractivity contribution in [2.75, 3.05) is 17.7 Å². The predicted octanol–water partition coefficient (Wildman–Crippen LogP) is 5.04. The minimum atomic E-state index is -0.140. The van der Waals surface area contributed by atoms with Crippen LogP contribution in [0.25, 0.3) is 22.6 Å². The van der Waals surface area contributed by atoms with Crippen molar-refractivity contribution in [3.63, 3.8) is 0 Å². The first-order chi connectivity index (χ1) is 15.5. The van der Waals surface area contributed by atoms with Crippen molar-refractivity contribution >= 4 is 34.1 Å². The van der Waals surface area contributed by atoms with Gasteiger partial charge in [0.05, 0.1) is 23.6 Å². The summed E-state index contributed by atoms with van der Waals surface area (Å²) in [6.07, 6.45) is 0. The van der Waals surface area contributed by atoms with Crippen LogP contribution in [0.3, 0.4) is 0 Å². The normalized spacial score (nSPS) is 10.8. The molecule has 9 heteroatoms. The third-order valence-electron chi connectivity index (χ3n) is 4.69. The number of carbonyl (C=O) groups is 1. The number of para-hydroxylation sites is 1. The molecule has 0 radical (unpaired) electrons. The Morgan fingerprint density at radius 3 is 2.72 bits per heavy atom. The number of thioether (sulfide) groups is 1. The molecule has 2 aromatic carbocycles. The van der Waals surface area contributed by atoms with Gasteiger partial charge in [-0.1, -0.05) is 53.7 Å². The van der Waals surface area contributed by atoms with Crippen molar-refractivity contribution in [3.05, 3.63) is 59.5 Å². The van der Waals surface area contributed by atoms with Gasteiger partial charge in [-0.2, -0.15) is 0 Å². The molecule has 0 unspecified atom stereocenters. The maximum absolute atomic E-state index is 12.5. The molecule has 2 aromatic heterocycles. The van der Waals surface area contributed by atoms with E-state index < -0.39 is 0 Å². The van der Waals surface area contributed by atoms with E-state index >= 15 is 0 Å². The third kappa shape index (κ3) is 5.00. The van der Waals surface area contributed by atoms with E-state index in [9.17, 15) is 4.79 Å². The summed E-state index contributed by atoms with van der Waals surface area (Å²) in [6, 6.07) is 15.9. The van der Waals surface area contributed by atoms with E-state index in [0.717, 1.165) is 22.6 Å². The van der Waals surface area contributed by atoms with Crippen LogP contribution in [0.15, 0.2) is 59.1 Å². The quantitative estimate of drug-likeness (QED) is 0.367. The molecule has 2 heterocycles. The van der Waals surface area contributed by atoms with Crippen LogP contribution in [0, 0.1) is 6.92 Å². The van der Waals surface area contributed by atoms with Gasteiger partial charge in [0.15, 0.2) is 16.1 Å². The molecule has 0 aliphatic carbocycles. The highest BCUT2D eigenvalue weighted by molar-refractivity contribution is 7.99. The molecule has 0 atom stereocenters. The zero-order valence-electron chi connectivity index (χ0n) is 18.0. The number of thiazole rings is 1. The van der Waals surface area contributed by atoms with Crippen molar-refractivity contribution in [3.8, 4) is 28.4 Å². The van der Waals surface area contributed by atoms with E-state index in [1.165, 1.54) is 28.7 Å². The molecule has 0 saturated carbocycles. The van der Waals surface area contributed by atoms with Gasteiger partial charge in [-0.05, 0) is 26.0 Å². The lowest BCUT2D eigenvalue weighted by Gasteiger charge is -2.09. The molecule has 32 heavy (non-hydrogen) atoms. The van der Waals surface area contributed by atoms with E-state index in [-0.39, 0.29) is 11.7 Å². The number of aryl methyl sites for hydroxylation is 1. The molecule has 0 spiro atoms. The molecular formula is C23H23N5O2S2. The van der Waals surface area contributed by atoms with Crippen molar-refractivity contribution < 1.29 is 9.53 Å². The van der Waals surface area contributed by atoms with Crippen molar-refractivity contribution in [2.45, 2.75) is 19.0 Å². The fourth-order valence-electron chi connectivity index (χ4n) is 3.08. The Morgan fingerprint density at radius 1 is 1.16 bits per heavy atom. The van der Waals surface area contributed by atoms with Crippen LogP contribution in [0.1, 0.15) is 12.5 Å². The Bertz CT molecular complexity index is 1220. The minimum absolute atomic E-state index is 0.140. The second-order valence-corrected chi connectivity index (χ2v) is 8.84. The van der Waals surface area contributed by atoms with Crippen LogP contribution in [0.2, 0.25) is 0 Å². The summed E-state index contributed by atoms with van der Waals surface area (Å²) < 4.78 is 7.57. The Kier molecular flexibility index (Phi) is 6.87. The number of nitrogens with zero attached hydrogens (tertiary/aromatic N) is 4. The van der Waals surface area contributed by atoms with Gasteiger partial charge in [0.2, 0.25) is 5.91 Å². The standard InChI is InChI=1S/C23H23N5O2S2/c1-4-30-19-8-6-5-7-17(19)21-26-27-23(28(21)3)32-14-20(29)25-22-24-18(13-31-22)16-11-9-15(2)10-12-16/h5-13H,4,14H2,1-3H3,(H,24,25,29). The molecular weight excluding hydrogens is 442 g/mol. The maximum atomic E-state index is 12.5. The first kappa shape index (κ1) is 22.0. The van der Waals surface area contributed by atoms with E-state index in [1.807, 2.05) is 79.4 Å². The smallest absolute Gasteiger partial charge is 0.236 e. The average molecular weight is 466 g/mol. The lowest BCUT2D eigenvalue weighted by atomic mass is 10.1. The number of anilines is 1. The Hall–Kier alpha value is -3.17. The number of nitrogens with one attached hydrogen (secondary N) is 1. The van der Waals surface area contributed by atoms with Crippen molar-refractivity contribution in [2.24, 2.45) is 7.05 Å². The van der Waals surface area contributed by atoms with E-state index in [0.29, 0.717) is 22.7 Å². The summed E-state index contributed by atoms with van der Waals surface area (Å²) >= 11 is 2.74. The Balaban J connectivity index is 1.39. The van der Waals surface area contributed by atoms with Crippen LogP contribution in [-0.4, -0.2) is 38.0 Å². The highest BCUT2D eigenvalue weighted by Crippen LogP contribution is 2.30. The molecule has 164 valence electrons. The molecule has 0 fully saturated rings. The van der Waals surface area contributed by atoms with Crippen LogP contribution < -0.4 is 10.1 Å². The van der Waals surface area contributed by atoms with E-state index in [4.69, 9.17) is 4.74 Å². The predicted molar refractivity (Wildman–Crippen MR) is 129 cm³/mol. The fourth-order valence-corrected chi connectivity index (χ4v) is 4.53. The van der Waals surface area contributed by atoms with E-state index in [2.05, 4.69) is 20.5 Å². The second kappa shape index (κ2) is 9.97. The molecule has 7 nitrogen and oxygen atoms in total. The summed E-state index contributed by atoms with van der Waals surface area (Å²) in [5.74, 6) is 1.52. The number of aromatic nitrogens is 4. The minimum Gasteiger partial charge on any atom is -0.493 e. The monoisotopic (exact) mass is 465 g/mol. The fraction of sp³-hybridized carbons (Fsp3) is 0.217. The molecule has 1 amide bonds. The number of rotatable bonds is 8. The topological polar surface area (TPSA) is 81.9 Å². The SMILES string of the molecule is CCOc1ccccc1-c1nnc(SCC(=O)Nc2nc(-c3ccc(C)cc3)cs2)n1C. The maximum Gasteiger partial charge on any atom is 0.236 e. The molecule has 4 rings (SSSR count). The molecule has 0 aliphatic rings. The first-order valence-corrected chi connectivity index (χ1v) is 12.0. The zero-order valence-corrected chi connectivity index (χ0v) is 19.7. The van der Waals surface area contributed by atoms with Gasteiger partial charge < -0.3 is 14.6 Å². The summed E-state index contributed by atoms with van der Waals surface area (Å²) in [5.41, 5.74) is 3.94. The van der Waals surface area contributed by atoms with Gasteiger partial charge in [-0.25, -0.2) is 4.98 Å². The molecule has 1 N–H and O–H groups in total. The van der Waals surface area contributed by atoms with Gasteiger partial charge >= 0.3 is 0 Å². The van der Waals surface area contributed by atoms with Crippen LogP contribution in [0.5, 0.6) is 5.75 Å². The third-order valence-corrected chi connectivity index (χ3v) is 6.47. The molecule has 0 bridgehead atoms. The van der Waals surface area contributed by atoms with Gasteiger partial charge in [-0.15, -0.1) is 21.5 Å². The Morgan fingerprint density at radius 2 is 1.94 bits per heavy atom. The zero-order chi connectivity index (χ0) is 22.5. The average Bonchev–Trinajstić information content (AvgIpc) is 3.40. The highest BCUT2D eigenvalue weighted by atomic mass is 32.2. The van der Waals surface area contributed by atoms with Gasteiger partial charge in [0.25, 0.3) is 0 Å². The highest BCUT2D eigenvalue weighted by Gasteiger charge is 2.16. The lowest BCUT2D eigenvalue weighted by Crippen LogP contribution is -2.14. The molecule has 4 aromatic rings. The Labute approximate surface area is 194 Å². The number of ether oxygens (including phenoxy) is 1.